The van der Waals surface area contributed by atoms with Gasteiger partial charge in [0.1, 0.15) is 17.5 Å². The molecule has 96 valence electrons. The van der Waals surface area contributed by atoms with Gasteiger partial charge in [0.05, 0.1) is 12.6 Å². The van der Waals surface area contributed by atoms with Crippen LogP contribution in [0.5, 0.6) is 0 Å². The summed E-state index contributed by atoms with van der Waals surface area (Å²) < 4.78 is 5.06. The van der Waals surface area contributed by atoms with Crippen LogP contribution in [0, 0.1) is 6.92 Å². The van der Waals surface area contributed by atoms with Crippen LogP contribution in [-0.2, 0) is 4.74 Å². The summed E-state index contributed by atoms with van der Waals surface area (Å²) in [5.74, 6) is 7.11. The van der Waals surface area contributed by atoms with Gasteiger partial charge in [-0.3, -0.25) is 0 Å². The molecule has 0 aliphatic carbocycles. The minimum absolute atomic E-state index is 0.00456. The third-order valence-corrected chi connectivity index (χ3v) is 2.18. The highest BCUT2D eigenvalue weighted by atomic mass is 16.5. The molecule has 5 N–H and O–H groups in total. The third-order valence-electron chi connectivity index (χ3n) is 2.18. The van der Waals surface area contributed by atoms with Gasteiger partial charge in [-0.15, -0.1) is 0 Å². The van der Waals surface area contributed by atoms with Gasteiger partial charge in [-0.2, -0.15) is 0 Å². The van der Waals surface area contributed by atoms with E-state index in [1.54, 1.807) is 20.1 Å². The fourth-order valence-corrected chi connectivity index (χ4v) is 1.48. The number of hydrogen-bond donors (Lipinski definition) is 4. The number of nitrogens with zero attached hydrogens (tertiary/aromatic N) is 2. The second-order valence-corrected chi connectivity index (χ2v) is 3.64. The Bertz CT molecular complexity index is 341. The standard InChI is InChI=1S/C10H19N5O2/c1-7-12-9(5-10(13-7)15-11)14-8(3-4-16)6-17-2/h5,8,16H,3-4,6,11H2,1-2H3,(H2,12,13,14,15). The number of ether oxygens (including phenoxy) is 1. The molecule has 1 unspecified atom stereocenters. The summed E-state index contributed by atoms with van der Waals surface area (Å²) in [5, 5.41) is 12.1. The number of hydrazine groups is 1. The Labute approximate surface area is 100 Å². The molecule has 1 aromatic rings. The predicted octanol–water partition coefficient (Wildman–Crippen LogP) is -0.120. The van der Waals surface area contributed by atoms with Crippen LogP contribution in [0.4, 0.5) is 11.6 Å². The fraction of sp³-hybridized carbons (Fsp3) is 0.600. The number of aliphatic hydroxyl groups is 1. The highest BCUT2D eigenvalue weighted by molar-refractivity contribution is 5.47. The van der Waals surface area contributed by atoms with Crippen LogP contribution in [-0.4, -0.2) is 41.4 Å². The van der Waals surface area contributed by atoms with Crippen molar-refractivity contribution >= 4 is 11.6 Å². The van der Waals surface area contributed by atoms with Crippen LogP contribution < -0.4 is 16.6 Å². The van der Waals surface area contributed by atoms with E-state index in [0.29, 0.717) is 30.5 Å². The van der Waals surface area contributed by atoms with Crippen LogP contribution in [0.15, 0.2) is 6.07 Å². The lowest BCUT2D eigenvalue weighted by atomic mass is 10.2. The normalized spacial score (nSPS) is 12.2. The number of methoxy groups -OCH3 is 1. The van der Waals surface area contributed by atoms with E-state index in [-0.39, 0.29) is 12.6 Å². The van der Waals surface area contributed by atoms with E-state index in [4.69, 9.17) is 15.7 Å². The number of rotatable bonds is 7. The largest absolute Gasteiger partial charge is 0.396 e. The van der Waals surface area contributed by atoms with Crippen LogP contribution in [0.3, 0.4) is 0 Å². The van der Waals surface area contributed by atoms with Crippen molar-refractivity contribution in [1.29, 1.82) is 0 Å². The second kappa shape index (κ2) is 7.00. The topological polar surface area (TPSA) is 105 Å². The summed E-state index contributed by atoms with van der Waals surface area (Å²) in [7, 11) is 1.62. The van der Waals surface area contributed by atoms with Crippen molar-refractivity contribution < 1.29 is 9.84 Å². The van der Waals surface area contributed by atoms with E-state index in [9.17, 15) is 0 Å². The minimum atomic E-state index is 0.00456. The maximum absolute atomic E-state index is 8.94. The number of aliphatic hydroxyl groups excluding tert-OH is 1. The van der Waals surface area contributed by atoms with Gasteiger partial charge in [0, 0.05) is 19.8 Å². The Balaban J connectivity index is 2.73. The summed E-state index contributed by atoms with van der Waals surface area (Å²) >= 11 is 0. The molecule has 0 amide bonds. The SMILES string of the molecule is COCC(CCO)Nc1cc(NN)nc(C)n1. The molecular weight excluding hydrogens is 222 g/mol. The Morgan fingerprint density at radius 3 is 2.76 bits per heavy atom. The van der Waals surface area contributed by atoms with E-state index >= 15 is 0 Å². The monoisotopic (exact) mass is 241 g/mol. The van der Waals surface area contributed by atoms with Gasteiger partial charge >= 0.3 is 0 Å². The lowest BCUT2D eigenvalue weighted by Crippen LogP contribution is -2.27. The summed E-state index contributed by atoms with van der Waals surface area (Å²) in [4.78, 5) is 8.31. The third kappa shape index (κ3) is 4.51. The minimum Gasteiger partial charge on any atom is -0.396 e. The molecule has 0 radical (unpaired) electrons. The Hall–Kier alpha value is -1.44. The maximum atomic E-state index is 8.94. The van der Waals surface area contributed by atoms with Crippen molar-refractivity contribution in [2.24, 2.45) is 5.84 Å². The molecule has 0 spiro atoms. The predicted molar refractivity (Wildman–Crippen MR) is 65.6 cm³/mol. The van der Waals surface area contributed by atoms with Gasteiger partial charge in [0.25, 0.3) is 0 Å². The van der Waals surface area contributed by atoms with Crippen LogP contribution in [0.2, 0.25) is 0 Å². The van der Waals surface area contributed by atoms with Gasteiger partial charge in [-0.05, 0) is 13.3 Å². The number of hydrogen-bond acceptors (Lipinski definition) is 7. The molecule has 7 heteroatoms. The van der Waals surface area contributed by atoms with E-state index in [2.05, 4.69) is 20.7 Å². The summed E-state index contributed by atoms with van der Waals surface area (Å²) in [5.41, 5.74) is 2.47. The van der Waals surface area contributed by atoms with Crippen LogP contribution in [0.1, 0.15) is 12.2 Å². The molecule has 0 aromatic carbocycles. The summed E-state index contributed by atoms with van der Waals surface area (Å²) in [6.07, 6.45) is 0.586. The van der Waals surface area contributed by atoms with Crippen LogP contribution >= 0.6 is 0 Å². The van der Waals surface area contributed by atoms with Gasteiger partial charge in [-0.25, -0.2) is 15.8 Å². The van der Waals surface area contributed by atoms with Crippen LogP contribution in [0.25, 0.3) is 0 Å². The highest BCUT2D eigenvalue weighted by Gasteiger charge is 2.09. The molecule has 1 heterocycles. The first-order valence-corrected chi connectivity index (χ1v) is 5.38. The van der Waals surface area contributed by atoms with E-state index in [1.807, 2.05) is 0 Å². The molecule has 7 nitrogen and oxygen atoms in total. The Morgan fingerprint density at radius 1 is 1.47 bits per heavy atom. The lowest BCUT2D eigenvalue weighted by molar-refractivity contribution is 0.170. The lowest BCUT2D eigenvalue weighted by Gasteiger charge is -2.18. The second-order valence-electron chi connectivity index (χ2n) is 3.64. The van der Waals surface area contributed by atoms with Gasteiger partial charge in [-0.1, -0.05) is 0 Å². The maximum Gasteiger partial charge on any atom is 0.145 e. The number of nitrogens with one attached hydrogen (secondary N) is 2. The average molecular weight is 241 g/mol. The smallest absolute Gasteiger partial charge is 0.145 e. The number of aromatic nitrogens is 2. The number of aryl methyl sites for hydroxylation is 1. The Morgan fingerprint density at radius 2 is 2.18 bits per heavy atom. The van der Waals surface area contributed by atoms with Crippen molar-refractivity contribution in [1.82, 2.24) is 9.97 Å². The first-order chi connectivity index (χ1) is 8.19. The fourth-order valence-electron chi connectivity index (χ4n) is 1.48. The zero-order valence-electron chi connectivity index (χ0n) is 10.1. The molecule has 0 bridgehead atoms. The van der Waals surface area contributed by atoms with Crippen molar-refractivity contribution in [2.75, 3.05) is 31.1 Å². The first kappa shape index (κ1) is 13.6. The molecule has 0 aliphatic heterocycles. The Kier molecular flexibility index (Phi) is 5.61. The number of nitrogens with two attached hydrogens (primary N) is 1. The molecule has 0 saturated carbocycles. The quantitative estimate of drug-likeness (QED) is 0.389. The number of nitrogen functional groups attached to an aromatic ring is 1. The first-order valence-electron chi connectivity index (χ1n) is 5.38. The summed E-state index contributed by atoms with van der Waals surface area (Å²) in [6, 6.07) is 1.71. The van der Waals surface area contributed by atoms with Gasteiger partial charge in [0.2, 0.25) is 0 Å². The van der Waals surface area contributed by atoms with E-state index in [1.165, 1.54) is 0 Å². The van der Waals surface area contributed by atoms with Crippen molar-refractivity contribution in [3.05, 3.63) is 11.9 Å². The average Bonchev–Trinajstić information content (AvgIpc) is 2.29. The number of anilines is 2. The van der Waals surface area contributed by atoms with Crippen molar-refractivity contribution in [3.63, 3.8) is 0 Å². The molecule has 17 heavy (non-hydrogen) atoms. The summed E-state index contributed by atoms with van der Waals surface area (Å²) in [6.45, 7) is 2.37. The molecule has 1 aromatic heterocycles. The van der Waals surface area contributed by atoms with Gasteiger partial charge in [0.15, 0.2) is 0 Å². The highest BCUT2D eigenvalue weighted by Crippen LogP contribution is 2.12. The zero-order chi connectivity index (χ0) is 12.7. The molecule has 1 rings (SSSR count). The van der Waals surface area contributed by atoms with E-state index in [0.717, 1.165) is 0 Å². The molecule has 0 aliphatic rings. The molecule has 0 fully saturated rings. The molecule has 0 saturated heterocycles. The zero-order valence-corrected chi connectivity index (χ0v) is 10.1. The van der Waals surface area contributed by atoms with Crippen molar-refractivity contribution in [2.45, 2.75) is 19.4 Å². The molecule has 1 atom stereocenters. The van der Waals surface area contributed by atoms with E-state index < -0.39 is 0 Å². The van der Waals surface area contributed by atoms with Gasteiger partial charge < -0.3 is 20.6 Å². The molecular formula is C10H19N5O2. The van der Waals surface area contributed by atoms with Crippen molar-refractivity contribution in [3.8, 4) is 0 Å².